The Balaban J connectivity index is 1.54. The Morgan fingerprint density at radius 3 is 2.38 bits per heavy atom. The Morgan fingerprint density at radius 2 is 1.77 bits per heavy atom. The second-order valence-corrected chi connectivity index (χ2v) is 7.14. The van der Waals surface area contributed by atoms with Gasteiger partial charge in [0, 0.05) is 16.6 Å². The molecule has 0 radical (unpaired) electrons. The van der Waals surface area contributed by atoms with Gasteiger partial charge in [-0.1, -0.05) is 59.7 Å². The van der Waals surface area contributed by atoms with E-state index in [1.165, 1.54) is 18.4 Å². The van der Waals surface area contributed by atoms with Crippen LogP contribution in [0.2, 0.25) is 0 Å². The van der Waals surface area contributed by atoms with Gasteiger partial charge in [-0.2, -0.15) is 0 Å². The highest BCUT2D eigenvalue weighted by atomic mass is 16.3. The molecule has 0 aromatic heterocycles. The van der Waals surface area contributed by atoms with E-state index in [1.54, 1.807) is 12.1 Å². The van der Waals surface area contributed by atoms with Gasteiger partial charge in [-0.25, -0.2) is 0 Å². The molecule has 2 atom stereocenters. The molecule has 3 rings (SSSR count). The SMILES string of the molecule is C[C@H]([C@H](O)c1ccc(N=[N+]=[N-])cc1)N1CCC(Cc2ccccc2)CC1. The minimum Gasteiger partial charge on any atom is -0.387 e. The van der Waals surface area contributed by atoms with Gasteiger partial charge >= 0.3 is 0 Å². The second-order valence-electron chi connectivity index (χ2n) is 7.14. The van der Waals surface area contributed by atoms with Crippen LogP contribution in [0.4, 0.5) is 5.69 Å². The number of aliphatic hydroxyl groups is 1. The van der Waals surface area contributed by atoms with E-state index in [9.17, 15) is 5.11 Å². The molecule has 1 heterocycles. The molecule has 1 aliphatic heterocycles. The molecular weight excluding hydrogens is 324 g/mol. The molecule has 26 heavy (non-hydrogen) atoms. The summed E-state index contributed by atoms with van der Waals surface area (Å²) in [6, 6.07) is 17.9. The largest absolute Gasteiger partial charge is 0.387 e. The van der Waals surface area contributed by atoms with Crippen molar-refractivity contribution in [2.24, 2.45) is 11.0 Å². The van der Waals surface area contributed by atoms with E-state index in [1.807, 2.05) is 12.1 Å². The van der Waals surface area contributed by atoms with Crippen molar-refractivity contribution in [1.29, 1.82) is 0 Å². The van der Waals surface area contributed by atoms with Crippen molar-refractivity contribution in [3.8, 4) is 0 Å². The summed E-state index contributed by atoms with van der Waals surface area (Å²) in [7, 11) is 0. The zero-order chi connectivity index (χ0) is 18.4. The van der Waals surface area contributed by atoms with Gasteiger partial charge in [-0.05, 0) is 61.9 Å². The van der Waals surface area contributed by atoms with Crippen LogP contribution in [0.25, 0.3) is 10.4 Å². The zero-order valence-electron chi connectivity index (χ0n) is 15.2. The molecule has 0 spiro atoms. The Hall–Kier alpha value is -2.33. The fraction of sp³-hybridized carbons (Fsp3) is 0.429. The van der Waals surface area contributed by atoms with Crippen LogP contribution in [-0.4, -0.2) is 29.1 Å². The third kappa shape index (κ3) is 4.64. The minimum absolute atomic E-state index is 0.0676. The van der Waals surface area contributed by atoms with Crippen molar-refractivity contribution in [3.05, 3.63) is 76.2 Å². The lowest BCUT2D eigenvalue weighted by atomic mass is 9.89. The molecule has 0 saturated carbocycles. The molecule has 0 aliphatic carbocycles. The third-order valence-corrected chi connectivity index (χ3v) is 5.44. The Bertz CT molecular complexity index is 732. The highest BCUT2D eigenvalue weighted by Gasteiger charge is 2.27. The Kier molecular flexibility index (Phi) is 6.29. The van der Waals surface area contributed by atoms with E-state index in [4.69, 9.17) is 5.53 Å². The molecule has 2 aromatic rings. The quantitative estimate of drug-likeness (QED) is 0.452. The molecule has 1 aliphatic rings. The van der Waals surface area contributed by atoms with E-state index in [2.05, 4.69) is 52.2 Å². The summed E-state index contributed by atoms with van der Waals surface area (Å²) >= 11 is 0. The first-order valence-corrected chi connectivity index (χ1v) is 9.28. The lowest BCUT2D eigenvalue weighted by molar-refractivity contribution is 0.0373. The van der Waals surface area contributed by atoms with Crippen molar-refractivity contribution in [1.82, 2.24) is 4.90 Å². The first-order valence-electron chi connectivity index (χ1n) is 9.28. The lowest BCUT2D eigenvalue weighted by Gasteiger charge is -2.38. The Morgan fingerprint density at radius 1 is 1.12 bits per heavy atom. The summed E-state index contributed by atoms with van der Waals surface area (Å²) in [4.78, 5) is 5.16. The lowest BCUT2D eigenvalue weighted by Crippen LogP contribution is -2.43. The van der Waals surface area contributed by atoms with E-state index < -0.39 is 6.10 Å². The van der Waals surface area contributed by atoms with Gasteiger partial charge < -0.3 is 5.11 Å². The maximum Gasteiger partial charge on any atom is 0.0942 e. The average molecular weight is 350 g/mol. The number of rotatable bonds is 6. The normalized spacial score (nSPS) is 18.1. The van der Waals surface area contributed by atoms with Crippen LogP contribution in [0, 0.1) is 5.92 Å². The maximum atomic E-state index is 10.7. The first-order chi connectivity index (χ1) is 12.7. The fourth-order valence-corrected chi connectivity index (χ4v) is 3.78. The summed E-state index contributed by atoms with van der Waals surface area (Å²) in [5, 5.41) is 14.3. The fourth-order valence-electron chi connectivity index (χ4n) is 3.78. The number of piperidine rings is 1. The molecule has 0 amide bonds. The standard InChI is InChI=1S/C21H26N4O/c1-16(21(26)19-7-9-20(10-8-19)23-24-22)25-13-11-18(12-14-25)15-17-5-3-2-4-6-17/h2-10,16,18,21,26H,11-15H2,1H3/t16-,21+/m1/s1. The van der Waals surface area contributed by atoms with Crippen molar-refractivity contribution >= 4 is 5.69 Å². The van der Waals surface area contributed by atoms with Crippen LogP contribution in [0.1, 0.15) is 37.0 Å². The zero-order valence-corrected chi connectivity index (χ0v) is 15.2. The van der Waals surface area contributed by atoms with Gasteiger partial charge in [-0.3, -0.25) is 4.90 Å². The van der Waals surface area contributed by atoms with E-state index >= 15 is 0 Å². The van der Waals surface area contributed by atoms with Gasteiger partial charge in [-0.15, -0.1) is 0 Å². The van der Waals surface area contributed by atoms with Crippen LogP contribution in [0.15, 0.2) is 59.7 Å². The molecule has 1 saturated heterocycles. The molecule has 0 bridgehead atoms. The van der Waals surface area contributed by atoms with Crippen LogP contribution >= 0.6 is 0 Å². The molecule has 5 heteroatoms. The van der Waals surface area contributed by atoms with Crippen LogP contribution in [-0.2, 0) is 6.42 Å². The predicted octanol–water partition coefficient (Wildman–Crippen LogP) is 5.01. The van der Waals surface area contributed by atoms with Crippen molar-refractivity contribution < 1.29 is 5.11 Å². The van der Waals surface area contributed by atoms with Crippen molar-refractivity contribution in [2.45, 2.75) is 38.3 Å². The number of likely N-dealkylation sites (tertiary alicyclic amines) is 1. The van der Waals surface area contributed by atoms with Gasteiger partial charge in [0.1, 0.15) is 0 Å². The molecule has 1 fully saturated rings. The number of azide groups is 1. The van der Waals surface area contributed by atoms with Crippen molar-refractivity contribution in [3.63, 3.8) is 0 Å². The summed E-state index contributed by atoms with van der Waals surface area (Å²) in [5.74, 6) is 0.723. The van der Waals surface area contributed by atoms with Crippen LogP contribution in [0.3, 0.4) is 0 Å². The number of hydrogen-bond donors (Lipinski definition) is 1. The minimum atomic E-state index is -0.541. The summed E-state index contributed by atoms with van der Waals surface area (Å²) in [6.07, 6.45) is 2.94. The molecule has 136 valence electrons. The molecule has 1 N–H and O–H groups in total. The second kappa shape index (κ2) is 8.86. The van der Waals surface area contributed by atoms with Crippen molar-refractivity contribution in [2.75, 3.05) is 13.1 Å². The third-order valence-electron chi connectivity index (χ3n) is 5.44. The number of nitrogens with zero attached hydrogens (tertiary/aromatic N) is 4. The van der Waals surface area contributed by atoms with Gasteiger partial charge in [0.15, 0.2) is 0 Å². The average Bonchev–Trinajstić information content (AvgIpc) is 2.69. The Labute approximate surface area is 154 Å². The predicted molar refractivity (Wildman–Crippen MR) is 104 cm³/mol. The van der Waals surface area contributed by atoms with Crippen LogP contribution in [0.5, 0.6) is 0 Å². The number of benzene rings is 2. The first kappa shape index (κ1) is 18.5. The highest BCUT2D eigenvalue weighted by molar-refractivity contribution is 5.39. The topological polar surface area (TPSA) is 72.2 Å². The van der Waals surface area contributed by atoms with E-state index in [0.29, 0.717) is 5.69 Å². The van der Waals surface area contributed by atoms with Crippen LogP contribution < -0.4 is 0 Å². The maximum absolute atomic E-state index is 10.7. The monoisotopic (exact) mass is 350 g/mol. The number of hydrogen-bond acceptors (Lipinski definition) is 3. The molecule has 0 unspecified atom stereocenters. The summed E-state index contributed by atoms with van der Waals surface area (Å²) in [5.41, 5.74) is 11.3. The van der Waals surface area contributed by atoms with Gasteiger partial charge in [0.05, 0.1) is 6.10 Å². The van der Waals surface area contributed by atoms with Gasteiger partial charge in [0.2, 0.25) is 0 Å². The van der Waals surface area contributed by atoms with E-state index in [-0.39, 0.29) is 6.04 Å². The van der Waals surface area contributed by atoms with Gasteiger partial charge in [0.25, 0.3) is 0 Å². The number of aliphatic hydroxyl groups excluding tert-OH is 1. The molecular formula is C21H26N4O. The highest BCUT2D eigenvalue weighted by Crippen LogP contribution is 2.28. The smallest absolute Gasteiger partial charge is 0.0942 e. The van der Waals surface area contributed by atoms with E-state index in [0.717, 1.165) is 31.0 Å². The summed E-state index contributed by atoms with van der Waals surface area (Å²) in [6.45, 7) is 4.13. The molecule has 5 nitrogen and oxygen atoms in total. The molecule has 2 aromatic carbocycles. The summed E-state index contributed by atoms with van der Waals surface area (Å²) < 4.78 is 0.